The summed E-state index contributed by atoms with van der Waals surface area (Å²) in [5.41, 5.74) is 5.50. The summed E-state index contributed by atoms with van der Waals surface area (Å²) in [5.74, 6) is 0.0448. The molecule has 7 heterocycles. The van der Waals surface area contributed by atoms with Crippen molar-refractivity contribution in [3.63, 3.8) is 0 Å². The summed E-state index contributed by atoms with van der Waals surface area (Å²) in [7, 11) is -11.2. The Labute approximate surface area is 599 Å². The van der Waals surface area contributed by atoms with Crippen LogP contribution in [0.5, 0.6) is 5.75 Å². The topological polar surface area (TPSA) is 295 Å². The van der Waals surface area contributed by atoms with E-state index in [4.69, 9.17) is 23.2 Å². The standard InChI is InChI=1S/C24H25ClN6O3S2.C23H24FN5O3S.C21H22ClN5O3S.4H2/c1-17-15-30(19-5-7-20(8-6-19)36(33,34)28-24-26-16-27-35-24)13-14-31(17)22(32)10-12-29-11-9-18-3-2-4-21(25)23(18)29;1-17(18-2-4-19(24)5-3-18)23(30)29-14-12-28(13-15-29)20-6-8-21(9-7-20)33(31,32)27-22-10-11-25-16-26-22;22-20-13-18(28)4-1-16(20)14-26-9-11-27(12-10-26)17-2-5-19(6-3-17)31(29,30)25-21-7-8-23-15-24-21;;;;/h2-9,11,16-17H,10,12-15H2,1H3,(H,26,27,28);2-11,16-17H,12-15H2,1H3,(H,25,26,27);1-8,13,15,28H,9-12,14H2,(H,23,24,25);4*1H/t17-;;;;;;/m0....../s1. The van der Waals surface area contributed by atoms with Crippen LogP contribution in [0.4, 0.5) is 38.2 Å². The van der Waals surface area contributed by atoms with Crippen LogP contribution in [0.15, 0.2) is 204 Å². The number of piperazine rings is 3. The maximum absolute atomic E-state index is 13.2. The molecule has 0 radical (unpaired) electrons. The smallest absolute Gasteiger partial charge is 0.263 e. The summed E-state index contributed by atoms with van der Waals surface area (Å²) in [4.78, 5) is 58.1. The molecule has 4 N–H and O–H groups in total. The van der Waals surface area contributed by atoms with Crippen LogP contribution in [-0.2, 0) is 52.7 Å². The van der Waals surface area contributed by atoms with Gasteiger partial charge in [-0.2, -0.15) is 4.37 Å². The predicted molar refractivity (Wildman–Crippen MR) is 393 cm³/mol. The van der Waals surface area contributed by atoms with Gasteiger partial charge in [0.25, 0.3) is 30.1 Å². The molecule has 3 aliphatic heterocycles. The van der Waals surface area contributed by atoms with Gasteiger partial charge in [-0.15, -0.1) is 0 Å². The Balaban J connectivity index is 0.000000215. The molecule has 6 aromatic carbocycles. The number of anilines is 6. The van der Waals surface area contributed by atoms with Crippen molar-refractivity contribution in [2.24, 2.45) is 0 Å². The minimum Gasteiger partial charge on any atom is -0.508 e. The lowest BCUT2D eigenvalue weighted by Crippen LogP contribution is -2.54. The largest absolute Gasteiger partial charge is 0.508 e. The molecule has 0 aliphatic carbocycles. The van der Waals surface area contributed by atoms with E-state index < -0.39 is 30.1 Å². The molecule has 4 aromatic heterocycles. The SMILES string of the molecule is CC(C(=O)N1CCN(c2ccc(S(=O)(=O)Nc3ccncn3)cc2)CC1)c1ccc(F)cc1.C[C@H]1CN(c2ccc(S(=O)(=O)Nc3ncns3)cc2)CCN1C(=O)CCn1ccc2cccc(Cl)c21.O=S(=O)(Nc1ccncn1)c1ccc(N2CCN(Cc3ccc(O)cc3Cl)CC2)cc1.[HH].[HH].[HH].[HH]. The quantitative estimate of drug-likeness (QED) is 0.0585. The number of hydrogen-bond acceptors (Lipinski definition) is 20. The number of rotatable bonds is 19. The van der Waals surface area contributed by atoms with Gasteiger partial charge >= 0.3 is 0 Å². The first-order valence-electron chi connectivity index (χ1n) is 31.7. The number of aromatic nitrogens is 7. The van der Waals surface area contributed by atoms with Crippen molar-refractivity contribution in [1.82, 2.24) is 48.6 Å². The number of amides is 2. The maximum atomic E-state index is 13.2. The molecule has 530 valence electrons. The third kappa shape index (κ3) is 18.3. The van der Waals surface area contributed by atoms with Crippen LogP contribution in [0.3, 0.4) is 0 Å². The monoisotopic (exact) mass is 1480 g/mol. The van der Waals surface area contributed by atoms with Crippen LogP contribution in [0.2, 0.25) is 10.0 Å². The molecule has 0 bridgehead atoms. The zero-order valence-corrected chi connectivity index (χ0v) is 59.0. The molecular weight excluding hydrogens is 1400 g/mol. The van der Waals surface area contributed by atoms with Gasteiger partial charge in [-0.1, -0.05) is 53.5 Å². The average Bonchev–Trinajstić information content (AvgIpc) is 1.81. The number of aryl methyl sites for hydroxylation is 1. The van der Waals surface area contributed by atoms with E-state index in [1.807, 2.05) is 76.9 Å². The number of nitrogens with one attached hydrogen (secondary N) is 3. The summed E-state index contributed by atoms with van der Waals surface area (Å²) >= 11 is 13.6. The molecule has 13 rings (SSSR count). The van der Waals surface area contributed by atoms with E-state index in [1.54, 1.807) is 84.9 Å². The molecule has 3 fully saturated rings. The number of nitrogens with zero attached hydrogens (tertiary/aromatic N) is 13. The van der Waals surface area contributed by atoms with Crippen LogP contribution < -0.4 is 28.9 Å². The van der Waals surface area contributed by atoms with Crippen LogP contribution in [0.1, 0.15) is 43.0 Å². The summed E-state index contributed by atoms with van der Waals surface area (Å²) in [6, 6.07) is 42.1. The van der Waals surface area contributed by atoms with Crippen LogP contribution in [-0.4, -0.2) is 169 Å². The molecule has 1 unspecified atom stereocenters. The number of halogens is 3. The van der Waals surface area contributed by atoms with E-state index >= 15 is 0 Å². The number of aromatic hydroxyl groups is 1. The van der Waals surface area contributed by atoms with Crippen molar-refractivity contribution >= 4 is 121 Å². The molecule has 2 atom stereocenters. The van der Waals surface area contributed by atoms with E-state index in [1.165, 1.54) is 55.6 Å². The van der Waals surface area contributed by atoms with Crippen molar-refractivity contribution in [1.29, 1.82) is 0 Å². The van der Waals surface area contributed by atoms with E-state index in [0.717, 1.165) is 83.3 Å². The summed E-state index contributed by atoms with van der Waals surface area (Å²) in [6.45, 7) is 12.8. The van der Waals surface area contributed by atoms with Crippen LogP contribution in [0, 0.1) is 5.82 Å². The lowest BCUT2D eigenvalue weighted by atomic mass is 9.99. The second kappa shape index (κ2) is 32.2. The molecule has 32 heteroatoms. The number of fused-ring (bicyclic) bond motifs is 1. The Morgan fingerprint density at radius 2 is 1.16 bits per heavy atom. The number of sulfonamides is 3. The summed E-state index contributed by atoms with van der Waals surface area (Å²) in [5, 5.41) is 12.0. The lowest BCUT2D eigenvalue weighted by molar-refractivity contribution is -0.134. The Morgan fingerprint density at radius 1 is 0.620 bits per heavy atom. The van der Waals surface area contributed by atoms with Gasteiger partial charge < -0.3 is 34.2 Å². The Kier molecular flexibility index (Phi) is 23.1. The van der Waals surface area contributed by atoms with E-state index in [9.17, 15) is 44.3 Å². The fraction of sp³-hybridized carbons (Fsp3) is 0.265. The minimum absolute atomic E-state index is 0. The number of benzene rings is 6. The predicted octanol–water partition coefficient (Wildman–Crippen LogP) is 10.9. The number of phenols is 1. The third-order valence-corrected chi connectivity index (χ3v) is 22.6. The van der Waals surface area contributed by atoms with Gasteiger partial charge in [-0.05, 0) is 146 Å². The molecule has 100 heavy (non-hydrogen) atoms. The van der Waals surface area contributed by atoms with Crippen molar-refractivity contribution in [2.75, 3.05) is 101 Å². The number of para-hydroxylation sites is 1. The third-order valence-electron chi connectivity index (χ3n) is 17.1. The molecule has 10 aromatic rings. The average molecular weight is 1480 g/mol. The van der Waals surface area contributed by atoms with Gasteiger partial charge in [-0.3, -0.25) is 28.7 Å². The van der Waals surface area contributed by atoms with Crippen molar-refractivity contribution in [2.45, 2.75) is 60.0 Å². The van der Waals surface area contributed by atoms with Crippen molar-refractivity contribution < 1.29 is 50.0 Å². The van der Waals surface area contributed by atoms with Crippen LogP contribution >= 0.6 is 34.7 Å². The Morgan fingerprint density at radius 3 is 1.68 bits per heavy atom. The van der Waals surface area contributed by atoms with Crippen LogP contribution in [0.25, 0.3) is 10.9 Å². The van der Waals surface area contributed by atoms with Gasteiger partial charge in [0, 0.05) is 161 Å². The maximum Gasteiger partial charge on any atom is 0.263 e. The van der Waals surface area contributed by atoms with Gasteiger partial charge in [-0.25, -0.2) is 54.6 Å². The lowest BCUT2D eigenvalue weighted by Gasteiger charge is -2.41. The molecule has 0 saturated carbocycles. The minimum atomic E-state index is -3.75. The highest BCUT2D eigenvalue weighted by Gasteiger charge is 2.30. The van der Waals surface area contributed by atoms with E-state index in [2.05, 4.69) is 63.1 Å². The number of carbonyl (C=O) groups is 2. The first-order chi connectivity index (χ1) is 48.0. The van der Waals surface area contributed by atoms with E-state index in [0.29, 0.717) is 68.8 Å². The first-order valence-corrected chi connectivity index (χ1v) is 37.7. The number of phenolic OH excluding ortho intramolecular Hbond substituents is 1. The highest BCUT2D eigenvalue weighted by Crippen LogP contribution is 2.30. The molecular formula is C68H79Cl2FN16O9S4. The first kappa shape index (κ1) is 71.7. The van der Waals surface area contributed by atoms with Gasteiger partial charge in [0.2, 0.25) is 16.9 Å². The van der Waals surface area contributed by atoms with Gasteiger partial charge in [0.05, 0.1) is 31.1 Å². The second-order valence-corrected chi connectivity index (χ2v) is 30.3. The molecule has 3 aliphatic rings. The van der Waals surface area contributed by atoms with Crippen molar-refractivity contribution in [3.8, 4) is 5.75 Å². The fourth-order valence-electron chi connectivity index (χ4n) is 11.7. The Bertz CT molecular complexity index is 4790. The second-order valence-electron chi connectivity index (χ2n) is 23.7. The van der Waals surface area contributed by atoms with Gasteiger partial charge in [0.1, 0.15) is 42.2 Å². The van der Waals surface area contributed by atoms with E-state index in [-0.39, 0.29) is 72.5 Å². The highest BCUT2D eigenvalue weighted by atomic mass is 35.5. The summed E-state index contributed by atoms with van der Waals surface area (Å²) in [6.07, 6.45) is 9.16. The Hall–Kier alpha value is -9.56. The molecule has 3 saturated heterocycles. The zero-order valence-electron chi connectivity index (χ0n) is 54.2. The molecule has 25 nitrogen and oxygen atoms in total. The fourth-order valence-corrected chi connectivity index (χ4v) is 15.9. The van der Waals surface area contributed by atoms with Crippen molar-refractivity contribution in [3.05, 3.63) is 216 Å². The number of hydrogen-bond donors (Lipinski definition) is 4. The zero-order chi connectivity index (χ0) is 70.6. The normalized spacial score (nSPS) is 15.6. The molecule has 0 spiro atoms. The summed E-state index contributed by atoms with van der Waals surface area (Å²) < 4.78 is 102. The number of carbonyl (C=O) groups excluding carboxylic acids is 2. The molecule has 2 amide bonds. The van der Waals surface area contributed by atoms with Gasteiger partial charge in [0.15, 0.2) is 0 Å². The highest BCUT2D eigenvalue weighted by molar-refractivity contribution is 7.93.